The van der Waals surface area contributed by atoms with Crippen molar-refractivity contribution >= 4 is 22.8 Å². The molecule has 1 aromatic heterocycles. The van der Waals surface area contributed by atoms with Crippen LogP contribution in [0, 0.1) is 11.7 Å². The average Bonchev–Trinajstić information content (AvgIpc) is 2.82. The Kier molecular flexibility index (Phi) is 6.20. The number of ether oxygens (including phenoxy) is 2. The molecule has 0 atom stereocenters. The summed E-state index contributed by atoms with van der Waals surface area (Å²) in [6, 6.07) is 11.8. The number of halogens is 1. The fraction of sp³-hybridized carbons (Fsp3) is 0.292. The van der Waals surface area contributed by atoms with Crippen LogP contribution in [-0.4, -0.2) is 37.0 Å². The highest BCUT2D eigenvalue weighted by Gasteiger charge is 2.29. The number of nitrogens with zero attached hydrogens (tertiary/aromatic N) is 1. The molecule has 0 spiro atoms. The monoisotopic (exact) mass is 439 g/mol. The lowest BCUT2D eigenvalue weighted by atomic mass is 9.96. The van der Waals surface area contributed by atoms with Gasteiger partial charge in [-0.25, -0.2) is 9.18 Å². The lowest BCUT2D eigenvalue weighted by molar-refractivity contribution is -0.151. The largest absolute Gasteiger partial charge is 0.497 e. The zero-order valence-electron chi connectivity index (χ0n) is 17.5. The summed E-state index contributed by atoms with van der Waals surface area (Å²) in [5.74, 6) is -0.731. The van der Waals surface area contributed by atoms with Crippen LogP contribution in [0.3, 0.4) is 0 Å². The number of methoxy groups -OCH3 is 1. The molecule has 1 aliphatic rings. The third kappa shape index (κ3) is 4.64. The second-order valence-electron chi connectivity index (χ2n) is 7.63. The number of esters is 1. The van der Waals surface area contributed by atoms with Crippen molar-refractivity contribution in [1.29, 1.82) is 0 Å². The van der Waals surface area contributed by atoms with Crippen LogP contribution in [0.4, 0.5) is 4.39 Å². The number of likely N-dealkylation sites (tertiary alicyclic amines) is 1. The van der Waals surface area contributed by atoms with Crippen molar-refractivity contribution in [2.75, 3.05) is 20.2 Å². The van der Waals surface area contributed by atoms with E-state index in [1.54, 1.807) is 23.1 Å². The second-order valence-corrected chi connectivity index (χ2v) is 7.63. The first-order valence-electron chi connectivity index (χ1n) is 10.3. The molecule has 7 nitrogen and oxygen atoms in total. The molecule has 0 radical (unpaired) electrons. The molecule has 0 aliphatic carbocycles. The fourth-order valence-corrected chi connectivity index (χ4v) is 3.82. The summed E-state index contributed by atoms with van der Waals surface area (Å²) in [6.07, 6.45) is 0.946. The van der Waals surface area contributed by atoms with Gasteiger partial charge in [-0.05, 0) is 49.2 Å². The van der Waals surface area contributed by atoms with Gasteiger partial charge in [0.2, 0.25) is 0 Å². The molecule has 0 unspecified atom stereocenters. The third-order valence-corrected chi connectivity index (χ3v) is 5.61. The van der Waals surface area contributed by atoms with Gasteiger partial charge in [0.05, 0.1) is 13.0 Å². The first-order chi connectivity index (χ1) is 15.4. The summed E-state index contributed by atoms with van der Waals surface area (Å²) in [5.41, 5.74) is 0.787. The van der Waals surface area contributed by atoms with E-state index < -0.39 is 11.4 Å². The molecule has 3 aromatic rings. The fourth-order valence-electron chi connectivity index (χ4n) is 3.82. The maximum atomic E-state index is 13.1. The Morgan fingerprint density at radius 3 is 2.50 bits per heavy atom. The first kappa shape index (κ1) is 21.5. The van der Waals surface area contributed by atoms with E-state index in [0.29, 0.717) is 53.8 Å². The highest BCUT2D eigenvalue weighted by Crippen LogP contribution is 2.25. The number of rotatable bonds is 5. The van der Waals surface area contributed by atoms with Gasteiger partial charge >= 0.3 is 11.6 Å². The third-order valence-electron chi connectivity index (χ3n) is 5.61. The van der Waals surface area contributed by atoms with Crippen LogP contribution < -0.4 is 10.4 Å². The van der Waals surface area contributed by atoms with Gasteiger partial charge in [0, 0.05) is 41.7 Å². The molecule has 166 valence electrons. The number of hydrogen-bond donors (Lipinski definition) is 0. The lowest BCUT2D eigenvalue weighted by Crippen LogP contribution is -2.40. The van der Waals surface area contributed by atoms with Gasteiger partial charge in [-0.1, -0.05) is 0 Å². The Hall–Kier alpha value is -3.68. The Morgan fingerprint density at radius 1 is 1.09 bits per heavy atom. The van der Waals surface area contributed by atoms with Gasteiger partial charge in [-0.15, -0.1) is 0 Å². The molecule has 32 heavy (non-hydrogen) atoms. The zero-order chi connectivity index (χ0) is 22.7. The highest BCUT2D eigenvalue weighted by atomic mass is 19.1. The van der Waals surface area contributed by atoms with E-state index in [4.69, 9.17) is 13.9 Å². The molecule has 1 saturated heterocycles. The van der Waals surface area contributed by atoms with E-state index in [-0.39, 0.29) is 24.4 Å². The number of carbonyl (C=O) groups is 2. The smallest absolute Gasteiger partial charge is 0.336 e. The number of amides is 1. The lowest BCUT2D eigenvalue weighted by Gasteiger charge is -2.31. The van der Waals surface area contributed by atoms with Crippen molar-refractivity contribution in [1.82, 2.24) is 4.90 Å². The van der Waals surface area contributed by atoms with E-state index in [0.717, 1.165) is 0 Å². The highest BCUT2D eigenvalue weighted by molar-refractivity contribution is 5.94. The van der Waals surface area contributed by atoms with Crippen molar-refractivity contribution in [3.8, 4) is 5.75 Å². The summed E-state index contributed by atoms with van der Waals surface area (Å²) in [6.45, 7) is 0.767. The van der Waals surface area contributed by atoms with Crippen LogP contribution in [0.5, 0.6) is 5.75 Å². The Balaban J connectivity index is 1.36. The van der Waals surface area contributed by atoms with Gasteiger partial charge in [0.25, 0.3) is 5.91 Å². The Bertz CT molecular complexity index is 1200. The summed E-state index contributed by atoms with van der Waals surface area (Å²) in [4.78, 5) is 38.7. The van der Waals surface area contributed by atoms with Crippen molar-refractivity contribution < 1.29 is 27.9 Å². The molecule has 8 heteroatoms. The quantitative estimate of drug-likeness (QED) is 0.447. The standard InChI is InChI=1S/C24H22FNO6/c1-30-19-6-7-20-17(12-22(27)32-21(20)13-19)14-31-24(29)16-8-10-26(11-9-16)23(28)15-2-4-18(25)5-3-15/h2-7,12-13,16H,8-11,14H2,1H3. The zero-order valence-corrected chi connectivity index (χ0v) is 17.5. The minimum absolute atomic E-state index is 0.0536. The van der Waals surface area contributed by atoms with Gasteiger partial charge in [0.1, 0.15) is 23.8 Å². The molecule has 2 heterocycles. The van der Waals surface area contributed by atoms with Crippen LogP contribution in [0.25, 0.3) is 11.0 Å². The van der Waals surface area contributed by atoms with Gasteiger partial charge in [0.15, 0.2) is 0 Å². The molecular weight excluding hydrogens is 417 g/mol. The predicted molar refractivity (Wildman–Crippen MR) is 114 cm³/mol. The summed E-state index contributed by atoms with van der Waals surface area (Å²) < 4.78 is 28.9. The molecule has 4 rings (SSSR count). The van der Waals surface area contributed by atoms with E-state index in [9.17, 15) is 18.8 Å². The Labute approximate surface area is 183 Å². The Morgan fingerprint density at radius 2 is 1.81 bits per heavy atom. The van der Waals surface area contributed by atoms with Crippen LogP contribution in [0.2, 0.25) is 0 Å². The van der Waals surface area contributed by atoms with E-state index in [1.165, 1.54) is 37.4 Å². The van der Waals surface area contributed by atoms with Crippen molar-refractivity contribution in [3.05, 3.63) is 75.9 Å². The van der Waals surface area contributed by atoms with Crippen molar-refractivity contribution in [3.63, 3.8) is 0 Å². The van der Waals surface area contributed by atoms with Crippen molar-refractivity contribution in [2.45, 2.75) is 19.4 Å². The van der Waals surface area contributed by atoms with Crippen LogP contribution in [-0.2, 0) is 16.1 Å². The molecule has 1 fully saturated rings. The van der Waals surface area contributed by atoms with Crippen LogP contribution >= 0.6 is 0 Å². The first-order valence-corrected chi connectivity index (χ1v) is 10.3. The van der Waals surface area contributed by atoms with Crippen molar-refractivity contribution in [2.24, 2.45) is 5.92 Å². The normalized spacial score (nSPS) is 14.4. The van der Waals surface area contributed by atoms with Gasteiger partial charge in [-0.2, -0.15) is 0 Å². The molecule has 2 aromatic carbocycles. The SMILES string of the molecule is COc1ccc2c(COC(=O)C3CCN(C(=O)c4ccc(F)cc4)CC3)cc(=O)oc2c1. The van der Waals surface area contributed by atoms with Crippen LogP contribution in [0.15, 0.2) is 57.7 Å². The number of hydrogen-bond acceptors (Lipinski definition) is 6. The summed E-state index contributed by atoms with van der Waals surface area (Å²) in [5, 5.41) is 0.665. The maximum Gasteiger partial charge on any atom is 0.336 e. The average molecular weight is 439 g/mol. The molecule has 1 amide bonds. The molecule has 1 aliphatic heterocycles. The summed E-state index contributed by atoms with van der Waals surface area (Å²) >= 11 is 0. The second kappa shape index (κ2) is 9.21. The summed E-state index contributed by atoms with van der Waals surface area (Å²) in [7, 11) is 1.52. The maximum absolute atomic E-state index is 13.1. The van der Waals surface area contributed by atoms with Crippen LogP contribution in [0.1, 0.15) is 28.8 Å². The van der Waals surface area contributed by atoms with E-state index in [1.807, 2.05) is 0 Å². The molecule has 0 bridgehead atoms. The minimum atomic E-state index is -0.538. The number of benzene rings is 2. The minimum Gasteiger partial charge on any atom is -0.497 e. The van der Waals surface area contributed by atoms with Gasteiger partial charge < -0.3 is 18.8 Å². The number of fused-ring (bicyclic) bond motifs is 1. The number of piperidine rings is 1. The molecule has 0 N–H and O–H groups in total. The predicted octanol–water partition coefficient (Wildman–Crippen LogP) is 3.54. The number of carbonyl (C=O) groups excluding carboxylic acids is 2. The van der Waals surface area contributed by atoms with E-state index >= 15 is 0 Å². The molecule has 0 saturated carbocycles. The van der Waals surface area contributed by atoms with E-state index in [2.05, 4.69) is 0 Å². The van der Waals surface area contributed by atoms with Gasteiger partial charge in [-0.3, -0.25) is 9.59 Å². The molecular formula is C24H22FNO6. The topological polar surface area (TPSA) is 86.0 Å².